The first kappa shape index (κ1) is 15.0. The van der Waals surface area contributed by atoms with Gasteiger partial charge in [-0.25, -0.2) is 0 Å². The summed E-state index contributed by atoms with van der Waals surface area (Å²) in [6, 6.07) is 10.5. The van der Waals surface area contributed by atoms with Gasteiger partial charge in [-0.05, 0) is 29.4 Å². The number of allylic oxidation sites excluding steroid dienone is 3. The van der Waals surface area contributed by atoms with Crippen LogP contribution in [0.2, 0.25) is 0 Å². The number of rotatable bonds is 3. The number of benzene rings is 1. The monoisotopic (exact) mass is 312 g/mol. The lowest BCUT2D eigenvalue weighted by atomic mass is 10.1. The number of ether oxygens (including phenoxy) is 1. The molecule has 3 nitrogen and oxygen atoms in total. The average molecular weight is 312 g/mol. The second kappa shape index (κ2) is 7.38. The Kier molecular flexibility index (Phi) is 5.03. The van der Waals surface area contributed by atoms with Crippen molar-refractivity contribution in [3.63, 3.8) is 0 Å². The van der Waals surface area contributed by atoms with Gasteiger partial charge in [0.1, 0.15) is 4.99 Å². The topological polar surface area (TPSA) is 15.7 Å². The van der Waals surface area contributed by atoms with Gasteiger partial charge in [0.25, 0.3) is 0 Å². The molecule has 0 amide bonds. The molecule has 2 heterocycles. The van der Waals surface area contributed by atoms with E-state index in [0.717, 1.165) is 43.4 Å². The zero-order chi connectivity index (χ0) is 15.2. The van der Waals surface area contributed by atoms with Crippen molar-refractivity contribution in [1.29, 1.82) is 0 Å². The molecule has 0 saturated carbocycles. The highest BCUT2D eigenvalue weighted by atomic mass is 32.1. The summed E-state index contributed by atoms with van der Waals surface area (Å²) in [5, 5.41) is 0. The van der Waals surface area contributed by atoms with E-state index < -0.39 is 0 Å². The van der Waals surface area contributed by atoms with Crippen LogP contribution in [0.25, 0.3) is 0 Å². The van der Waals surface area contributed by atoms with Crippen LogP contribution in [0.3, 0.4) is 0 Å². The highest BCUT2D eigenvalue weighted by Gasteiger charge is 2.12. The molecule has 0 spiro atoms. The Labute approximate surface area is 137 Å². The molecule has 0 aliphatic carbocycles. The van der Waals surface area contributed by atoms with Crippen LogP contribution >= 0.6 is 12.2 Å². The third kappa shape index (κ3) is 4.06. The minimum atomic E-state index is 0.764. The van der Waals surface area contributed by atoms with Gasteiger partial charge in [0.05, 0.1) is 13.2 Å². The molecule has 1 aromatic carbocycles. The molecule has 4 heteroatoms. The number of morpholine rings is 1. The first-order valence-corrected chi connectivity index (χ1v) is 7.96. The van der Waals surface area contributed by atoms with E-state index in [2.05, 4.69) is 64.7 Å². The fourth-order valence-corrected chi connectivity index (χ4v) is 2.80. The molecule has 2 aliphatic heterocycles. The van der Waals surface area contributed by atoms with Crippen molar-refractivity contribution in [2.75, 3.05) is 26.3 Å². The van der Waals surface area contributed by atoms with E-state index in [0.29, 0.717) is 0 Å². The zero-order valence-electron chi connectivity index (χ0n) is 12.5. The summed E-state index contributed by atoms with van der Waals surface area (Å²) in [5.41, 5.74) is 2.44. The van der Waals surface area contributed by atoms with Gasteiger partial charge >= 0.3 is 0 Å². The van der Waals surface area contributed by atoms with Gasteiger partial charge in [0.2, 0.25) is 0 Å². The average Bonchev–Trinajstić information content (AvgIpc) is 2.58. The number of nitrogens with zero attached hydrogens (tertiary/aromatic N) is 2. The van der Waals surface area contributed by atoms with E-state index in [1.807, 2.05) is 6.07 Å². The summed E-state index contributed by atoms with van der Waals surface area (Å²) in [5.74, 6) is 0. The molecule has 1 aromatic rings. The Morgan fingerprint density at radius 1 is 1.09 bits per heavy atom. The molecule has 0 N–H and O–H groups in total. The van der Waals surface area contributed by atoms with Crippen LogP contribution in [-0.4, -0.2) is 41.1 Å². The van der Waals surface area contributed by atoms with Crippen molar-refractivity contribution in [2.45, 2.75) is 6.54 Å². The standard InChI is InChI=1S/C18H20N2OS/c22-18(20-10-12-21-13-11-20)14-16-6-8-19(9-7-16)15-17-4-2-1-3-5-17/h1-9,14H,10-13,15H2. The van der Waals surface area contributed by atoms with Gasteiger partial charge < -0.3 is 14.5 Å². The molecule has 0 bridgehead atoms. The van der Waals surface area contributed by atoms with Crippen molar-refractivity contribution >= 4 is 17.2 Å². The van der Waals surface area contributed by atoms with Crippen LogP contribution in [0, 0.1) is 0 Å². The van der Waals surface area contributed by atoms with Crippen LogP contribution < -0.4 is 0 Å². The maximum atomic E-state index is 5.50. The second-order valence-corrected chi connectivity index (χ2v) is 5.79. The number of thiocarbonyl (C=S) groups is 1. The molecule has 22 heavy (non-hydrogen) atoms. The Morgan fingerprint density at radius 2 is 1.77 bits per heavy atom. The molecular weight excluding hydrogens is 292 g/mol. The lowest BCUT2D eigenvalue weighted by Crippen LogP contribution is -2.39. The highest BCUT2D eigenvalue weighted by molar-refractivity contribution is 7.80. The van der Waals surface area contributed by atoms with E-state index in [9.17, 15) is 0 Å². The Morgan fingerprint density at radius 3 is 2.45 bits per heavy atom. The Balaban J connectivity index is 1.57. The number of hydrogen-bond donors (Lipinski definition) is 0. The third-order valence-electron chi connectivity index (χ3n) is 3.74. The van der Waals surface area contributed by atoms with Gasteiger partial charge in [-0.15, -0.1) is 0 Å². The lowest BCUT2D eigenvalue weighted by Gasteiger charge is -2.28. The smallest absolute Gasteiger partial charge is 0.102 e. The molecule has 0 aromatic heterocycles. The second-order valence-electron chi connectivity index (χ2n) is 5.37. The predicted molar refractivity (Wildman–Crippen MR) is 93.3 cm³/mol. The Bertz CT molecular complexity index is 585. The molecule has 0 radical (unpaired) electrons. The van der Waals surface area contributed by atoms with Crippen molar-refractivity contribution < 1.29 is 4.74 Å². The van der Waals surface area contributed by atoms with E-state index in [1.54, 1.807) is 0 Å². The molecule has 114 valence electrons. The fraction of sp³-hybridized carbons (Fsp3) is 0.278. The van der Waals surface area contributed by atoms with Crippen molar-refractivity contribution in [3.8, 4) is 0 Å². The summed E-state index contributed by atoms with van der Waals surface area (Å²) in [6.07, 6.45) is 10.5. The lowest BCUT2D eigenvalue weighted by molar-refractivity contribution is 0.0694. The van der Waals surface area contributed by atoms with Crippen LogP contribution in [0.5, 0.6) is 0 Å². The fourth-order valence-electron chi connectivity index (χ4n) is 2.48. The molecule has 0 unspecified atom stereocenters. The first-order chi connectivity index (χ1) is 10.8. The van der Waals surface area contributed by atoms with E-state index in [4.69, 9.17) is 17.0 Å². The molecular formula is C18H20N2OS. The largest absolute Gasteiger partial charge is 0.378 e. The quantitative estimate of drug-likeness (QED) is 0.629. The first-order valence-electron chi connectivity index (χ1n) is 7.56. The van der Waals surface area contributed by atoms with Crippen LogP contribution in [0.1, 0.15) is 5.56 Å². The maximum Gasteiger partial charge on any atom is 0.102 e. The van der Waals surface area contributed by atoms with E-state index >= 15 is 0 Å². The van der Waals surface area contributed by atoms with Crippen molar-refractivity contribution in [3.05, 3.63) is 72.1 Å². The minimum Gasteiger partial charge on any atom is -0.378 e. The van der Waals surface area contributed by atoms with E-state index in [1.165, 1.54) is 5.56 Å². The summed E-state index contributed by atoms with van der Waals surface area (Å²) < 4.78 is 5.35. The predicted octanol–water partition coefficient (Wildman–Crippen LogP) is 3.12. The summed E-state index contributed by atoms with van der Waals surface area (Å²) in [4.78, 5) is 5.26. The molecule has 0 atom stereocenters. The molecule has 1 saturated heterocycles. The maximum absolute atomic E-state index is 5.50. The van der Waals surface area contributed by atoms with Gasteiger partial charge in [-0.1, -0.05) is 42.5 Å². The normalized spacial score (nSPS) is 17.7. The molecule has 1 fully saturated rings. The Hall–Kier alpha value is -1.91. The SMILES string of the molecule is S=C(C=C1C=CN(Cc2ccccc2)C=C1)N1CCOCC1. The van der Waals surface area contributed by atoms with Crippen molar-refractivity contribution in [1.82, 2.24) is 9.80 Å². The zero-order valence-corrected chi connectivity index (χ0v) is 13.3. The summed E-state index contributed by atoms with van der Waals surface area (Å²) in [7, 11) is 0. The van der Waals surface area contributed by atoms with Crippen LogP contribution in [-0.2, 0) is 11.3 Å². The van der Waals surface area contributed by atoms with Crippen molar-refractivity contribution in [2.24, 2.45) is 0 Å². The number of hydrogen-bond acceptors (Lipinski definition) is 3. The summed E-state index contributed by atoms with van der Waals surface area (Å²) >= 11 is 5.50. The third-order valence-corrected chi connectivity index (χ3v) is 4.11. The summed E-state index contributed by atoms with van der Waals surface area (Å²) in [6.45, 7) is 4.18. The van der Waals surface area contributed by atoms with Gasteiger partial charge in [0.15, 0.2) is 0 Å². The van der Waals surface area contributed by atoms with Gasteiger partial charge in [-0.3, -0.25) is 0 Å². The van der Waals surface area contributed by atoms with Gasteiger partial charge in [0, 0.05) is 32.0 Å². The van der Waals surface area contributed by atoms with Gasteiger partial charge in [-0.2, -0.15) is 0 Å². The minimum absolute atomic E-state index is 0.764. The van der Waals surface area contributed by atoms with E-state index in [-0.39, 0.29) is 0 Å². The molecule has 3 rings (SSSR count). The molecule has 2 aliphatic rings. The van der Waals surface area contributed by atoms with Crippen LogP contribution in [0.15, 0.2) is 66.5 Å². The van der Waals surface area contributed by atoms with Crippen LogP contribution in [0.4, 0.5) is 0 Å². The highest BCUT2D eigenvalue weighted by Crippen LogP contribution is 2.14.